The van der Waals surface area contributed by atoms with Crippen LogP contribution < -0.4 is 5.32 Å². The highest BCUT2D eigenvalue weighted by Gasteiger charge is 2.21. The number of hydrogen-bond donors (Lipinski definition) is 1. The molecule has 0 aliphatic heterocycles. The van der Waals surface area contributed by atoms with E-state index in [0.717, 1.165) is 16.3 Å². The molecule has 0 bridgehead atoms. The zero-order valence-electron chi connectivity index (χ0n) is 14.3. The fourth-order valence-electron chi connectivity index (χ4n) is 2.61. The second-order valence-corrected chi connectivity index (χ2v) is 6.12. The Morgan fingerprint density at radius 2 is 1.83 bits per heavy atom. The maximum absolute atomic E-state index is 12.2. The Morgan fingerprint density at radius 1 is 1.12 bits per heavy atom. The third kappa shape index (κ3) is 4.69. The number of ether oxygens (including phenoxy) is 1. The number of benzene rings is 2. The molecule has 0 saturated carbocycles. The summed E-state index contributed by atoms with van der Waals surface area (Å²) in [7, 11) is 1.33. The van der Waals surface area contributed by atoms with Gasteiger partial charge in [0.2, 0.25) is 5.91 Å². The largest absolute Gasteiger partial charge is 0.467 e. The standard InChI is InChI=1S/C20H23NO3/c1-14(2)13-18(20(23)24-3)21-19(22)12-11-16-9-6-8-15-7-4-5-10-17(15)16/h4-12,14,18H,13H2,1-3H3,(H,21,22)/b12-11+. The van der Waals surface area contributed by atoms with E-state index in [2.05, 4.69) is 5.32 Å². The van der Waals surface area contributed by atoms with E-state index in [9.17, 15) is 9.59 Å². The number of hydrogen-bond acceptors (Lipinski definition) is 3. The van der Waals surface area contributed by atoms with E-state index >= 15 is 0 Å². The Labute approximate surface area is 142 Å². The minimum absolute atomic E-state index is 0.274. The van der Waals surface area contributed by atoms with Crippen molar-refractivity contribution in [1.29, 1.82) is 0 Å². The van der Waals surface area contributed by atoms with E-state index in [1.54, 1.807) is 6.08 Å². The number of fused-ring (bicyclic) bond motifs is 1. The fourth-order valence-corrected chi connectivity index (χ4v) is 2.61. The van der Waals surface area contributed by atoms with Gasteiger partial charge in [0.25, 0.3) is 0 Å². The highest BCUT2D eigenvalue weighted by Crippen LogP contribution is 2.19. The molecule has 0 aliphatic carbocycles. The molecule has 4 heteroatoms. The van der Waals surface area contributed by atoms with Crippen LogP contribution in [0.3, 0.4) is 0 Å². The summed E-state index contributed by atoms with van der Waals surface area (Å²) in [6, 6.07) is 13.3. The van der Waals surface area contributed by atoms with E-state index in [0.29, 0.717) is 6.42 Å². The molecule has 0 radical (unpaired) electrons. The smallest absolute Gasteiger partial charge is 0.328 e. The molecule has 0 aliphatic rings. The summed E-state index contributed by atoms with van der Waals surface area (Å²) in [5.41, 5.74) is 0.960. The molecule has 0 saturated heterocycles. The number of nitrogens with one attached hydrogen (secondary N) is 1. The van der Waals surface area contributed by atoms with Gasteiger partial charge in [-0.25, -0.2) is 4.79 Å². The summed E-state index contributed by atoms with van der Waals surface area (Å²) in [5.74, 6) is -0.453. The van der Waals surface area contributed by atoms with Crippen molar-refractivity contribution in [1.82, 2.24) is 5.32 Å². The van der Waals surface area contributed by atoms with Crippen LogP contribution in [0, 0.1) is 5.92 Å². The Hall–Kier alpha value is -2.62. The molecule has 4 nitrogen and oxygen atoms in total. The van der Waals surface area contributed by atoms with E-state index in [1.807, 2.05) is 56.3 Å². The third-order valence-corrected chi connectivity index (χ3v) is 3.75. The van der Waals surface area contributed by atoms with Crippen LogP contribution in [0.1, 0.15) is 25.8 Å². The van der Waals surface area contributed by atoms with Gasteiger partial charge in [-0.1, -0.05) is 56.3 Å². The molecular formula is C20H23NO3. The van der Waals surface area contributed by atoms with Gasteiger partial charge >= 0.3 is 5.97 Å². The van der Waals surface area contributed by atoms with Crippen molar-refractivity contribution in [2.24, 2.45) is 5.92 Å². The molecular weight excluding hydrogens is 302 g/mol. The molecule has 24 heavy (non-hydrogen) atoms. The van der Waals surface area contributed by atoms with Gasteiger partial charge in [-0.15, -0.1) is 0 Å². The summed E-state index contributed by atoms with van der Waals surface area (Å²) in [6.45, 7) is 3.99. The van der Waals surface area contributed by atoms with Gasteiger partial charge in [0.1, 0.15) is 6.04 Å². The molecule has 0 spiro atoms. The van der Waals surface area contributed by atoms with Gasteiger partial charge in [-0.2, -0.15) is 0 Å². The summed E-state index contributed by atoms with van der Waals surface area (Å²) in [4.78, 5) is 23.9. The molecule has 1 amide bonds. The zero-order chi connectivity index (χ0) is 17.5. The van der Waals surface area contributed by atoms with Crippen LogP contribution >= 0.6 is 0 Å². The van der Waals surface area contributed by atoms with Gasteiger partial charge in [-0.3, -0.25) is 4.79 Å². The van der Waals surface area contributed by atoms with Crippen molar-refractivity contribution in [3.05, 3.63) is 54.1 Å². The number of carbonyl (C=O) groups excluding carboxylic acids is 2. The molecule has 1 unspecified atom stereocenters. The van der Waals surface area contributed by atoms with E-state index in [1.165, 1.54) is 13.2 Å². The molecule has 0 fully saturated rings. The Kier molecular flexibility index (Phi) is 6.13. The number of esters is 1. The van der Waals surface area contributed by atoms with Crippen LogP contribution in [0.2, 0.25) is 0 Å². The molecule has 2 aromatic carbocycles. The quantitative estimate of drug-likeness (QED) is 0.653. The fraction of sp³-hybridized carbons (Fsp3) is 0.300. The predicted molar refractivity (Wildman–Crippen MR) is 96.4 cm³/mol. The lowest BCUT2D eigenvalue weighted by atomic mass is 10.0. The van der Waals surface area contributed by atoms with Crippen LogP contribution in [0.15, 0.2) is 48.5 Å². The average molecular weight is 325 g/mol. The van der Waals surface area contributed by atoms with Crippen molar-refractivity contribution in [3.63, 3.8) is 0 Å². The lowest BCUT2D eigenvalue weighted by molar-refractivity contribution is -0.145. The van der Waals surface area contributed by atoms with Crippen molar-refractivity contribution in [2.75, 3.05) is 7.11 Å². The lowest BCUT2D eigenvalue weighted by Gasteiger charge is -2.17. The Bertz CT molecular complexity index is 744. The van der Waals surface area contributed by atoms with Crippen molar-refractivity contribution < 1.29 is 14.3 Å². The van der Waals surface area contributed by atoms with Crippen LogP contribution in [-0.4, -0.2) is 25.0 Å². The van der Waals surface area contributed by atoms with Crippen LogP contribution in [0.5, 0.6) is 0 Å². The SMILES string of the molecule is COC(=O)C(CC(C)C)NC(=O)/C=C/c1cccc2ccccc12. The second kappa shape index (κ2) is 8.29. The van der Waals surface area contributed by atoms with Gasteiger partial charge in [0, 0.05) is 6.08 Å². The van der Waals surface area contributed by atoms with Gasteiger partial charge in [0.15, 0.2) is 0 Å². The van der Waals surface area contributed by atoms with Crippen LogP contribution in [0.4, 0.5) is 0 Å². The van der Waals surface area contributed by atoms with Crippen molar-refractivity contribution >= 4 is 28.7 Å². The van der Waals surface area contributed by atoms with Crippen molar-refractivity contribution in [3.8, 4) is 0 Å². The maximum Gasteiger partial charge on any atom is 0.328 e. The molecule has 2 aromatic rings. The number of rotatable bonds is 6. The first kappa shape index (κ1) is 17.7. The van der Waals surface area contributed by atoms with Gasteiger partial charge in [0.05, 0.1) is 7.11 Å². The maximum atomic E-state index is 12.2. The zero-order valence-corrected chi connectivity index (χ0v) is 14.3. The normalized spacial score (nSPS) is 12.5. The minimum Gasteiger partial charge on any atom is -0.467 e. The highest BCUT2D eigenvalue weighted by atomic mass is 16.5. The van der Waals surface area contributed by atoms with Gasteiger partial charge < -0.3 is 10.1 Å². The first-order valence-electron chi connectivity index (χ1n) is 8.05. The summed E-state index contributed by atoms with van der Waals surface area (Å²) >= 11 is 0. The molecule has 0 heterocycles. The molecule has 0 aromatic heterocycles. The number of methoxy groups -OCH3 is 1. The topological polar surface area (TPSA) is 55.4 Å². The van der Waals surface area contributed by atoms with E-state index < -0.39 is 12.0 Å². The van der Waals surface area contributed by atoms with Crippen LogP contribution in [-0.2, 0) is 14.3 Å². The molecule has 1 N–H and O–H groups in total. The second-order valence-electron chi connectivity index (χ2n) is 6.12. The van der Waals surface area contributed by atoms with Crippen molar-refractivity contribution in [2.45, 2.75) is 26.3 Å². The lowest BCUT2D eigenvalue weighted by Crippen LogP contribution is -2.41. The summed E-state index contributed by atoms with van der Waals surface area (Å²) in [6.07, 6.45) is 3.76. The van der Waals surface area contributed by atoms with E-state index in [4.69, 9.17) is 4.74 Å². The minimum atomic E-state index is -0.625. The Morgan fingerprint density at radius 3 is 2.54 bits per heavy atom. The number of carbonyl (C=O) groups is 2. The Balaban J connectivity index is 2.12. The first-order chi connectivity index (χ1) is 11.5. The molecule has 2 rings (SSSR count). The van der Waals surface area contributed by atoms with Gasteiger partial charge in [-0.05, 0) is 34.8 Å². The number of amides is 1. The first-order valence-corrected chi connectivity index (χ1v) is 8.05. The predicted octanol–water partition coefficient (Wildman–Crippen LogP) is 3.56. The average Bonchev–Trinajstić information content (AvgIpc) is 2.58. The highest BCUT2D eigenvalue weighted by molar-refractivity contribution is 5.98. The van der Waals surface area contributed by atoms with E-state index in [-0.39, 0.29) is 11.8 Å². The summed E-state index contributed by atoms with van der Waals surface area (Å²) in [5, 5.41) is 4.91. The third-order valence-electron chi connectivity index (χ3n) is 3.75. The summed E-state index contributed by atoms with van der Waals surface area (Å²) < 4.78 is 4.76. The van der Waals surface area contributed by atoms with Crippen LogP contribution in [0.25, 0.3) is 16.8 Å². The molecule has 1 atom stereocenters. The molecule has 126 valence electrons. The monoisotopic (exact) mass is 325 g/mol.